The van der Waals surface area contributed by atoms with Crippen molar-refractivity contribution in [3.8, 4) is 0 Å². The maximum atomic E-state index is 12.6. The number of hydrogen-bond acceptors (Lipinski definition) is 5. The van der Waals surface area contributed by atoms with Gasteiger partial charge in [0.1, 0.15) is 12.2 Å². The summed E-state index contributed by atoms with van der Waals surface area (Å²) in [5.41, 5.74) is 1.92. The zero-order valence-corrected chi connectivity index (χ0v) is 11.9. The summed E-state index contributed by atoms with van der Waals surface area (Å²) in [6.07, 6.45) is -2.74. The van der Waals surface area contributed by atoms with Gasteiger partial charge in [0.25, 0.3) is 0 Å². The monoisotopic (exact) mass is 308 g/mol. The number of aliphatic hydroxyl groups excluding tert-OH is 2. The fourth-order valence-electron chi connectivity index (χ4n) is 3.28. The van der Waals surface area contributed by atoms with Crippen molar-refractivity contribution in [2.75, 3.05) is 0 Å². The molecule has 4 rings (SSSR count). The van der Waals surface area contributed by atoms with Crippen LogP contribution in [0.3, 0.4) is 0 Å². The van der Waals surface area contributed by atoms with Gasteiger partial charge in [0.05, 0.1) is 0 Å². The van der Waals surface area contributed by atoms with Crippen LogP contribution in [0.5, 0.6) is 0 Å². The first-order chi connectivity index (χ1) is 11.0. The molecular formula is C18H12O5. The normalized spacial score (nSPS) is 22.4. The van der Waals surface area contributed by atoms with E-state index >= 15 is 0 Å². The Kier molecular flexibility index (Phi) is 2.85. The molecule has 0 heterocycles. The lowest BCUT2D eigenvalue weighted by Crippen LogP contribution is -2.35. The minimum atomic E-state index is -1.47. The predicted molar refractivity (Wildman–Crippen MR) is 79.4 cm³/mol. The molecule has 5 nitrogen and oxygen atoms in total. The molecule has 114 valence electrons. The Morgan fingerprint density at radius 3 is 2.00 bits per heavy atom. The summed E-state index contributed by atoms with van der Waals surface area (Å²) in [5.74, 6) is -1.25. The minimum Gasteiger partial charge on any atom is -0.385 e. The van der Waals surface area contributed by atoms with E-state index in [1.807, 2.05) is 0 Å². The standard InChI is InChI=1S/C18H12O5/c19-14-6-8-5-12-13(7-11(8)17(22)18(14)23)16(21)10-4-2-1-3-9(10)15(12)20/h1-5,7,14,17,19,22H,6H2. The molecule has 0 fully saturated rings. The lowest BCUT2D eigenvalue weighted by Gasteiger charge is -2.27. The molecule has 0 spiro atoms. The molecule has 5 heteroatoms. The van der Waals surface area contributed by atoms with Crippen molar-refractivity contribution in [3.63, 3.8) is 0 Å². The van der Waals surface area contributed by atoms with Gasteiger partial charge in [-0.2, -0.15) is 0 Å². The van der Waals surface area contributed by atoms with Crippen LogP contribution in [0.15, 0.2) is 36.4 Å². The van der Waals surface area contributed by atoms with Gasteiger partial charge < -0.3 is 10.2 Å². The first-order valence-electron chi connectivity index (χ1n) is 7.24. The molecule has 0 saturated carbocycles. The Bertz CT molecular complexity index is 896. The third kappa shape index (κ3) is 1.84. The minimum absolute atomic E-state index is 0.0294. The highest BCUT2D eigenvalue weighted by Gasteiger charge is 2.37. The van der Waals surface area contributed by atoms with Crippen molar-refractivity contribution < 1.29 is 24.6 Å². The number of carbonyl (C=O) groups is 3. The van der Waals surface area contributed by atoms with Crippen LogP contribution in [0.1, 0.15) is 49.1 Å². The Hall–Kier alpha value is -2.63. The van der Waals surface area contributed by atoms with Gasteiger partial charge >= 0.3 is 0 Å². The summed E-state index contributed by atoms with van der Waals surface area (Å²) in [6, 6.07) is 9.49. The lowest BCUT2D eigenvalue weighted by atomic mass is 9.78. The van der Waals surface area contributed by atoms with Gasteiger partial charge in [-0.25, -0.2) is 0 Å². The van der Waals surface area contributed by atoms with E-state index in [0.717, 1.165) is 0 Å². The van der Waals surface area contributed by atoms with E-state index < -0.39 is 18.0 Å². The third-order valence-corrected chi connectivity index (χ3v) is 4.49. The van der Waals surface area contributed by atoms with Crippen molar-refractivity contribution in [1.29, 1.82) is 0 Å². The molecule has 2 atom stereocenters. The lowest BCUT2D eigenvalue weighted by molar-refractivity contribution is -0.137. The SMILES string of the molecule is O=C1c2ccccc2C(=O)c2cc3c(cc21)CC(O)C(=O)C3O. The van der Waals surface area contributed by atoms with Crippen LogP contribution in [0, 0.1) is 0 Å². The second kappa shape index (κ2) is 4.68. The van der Waals surface area contributed by atoms with Crippen LogP contribution in [-0.4, -0.2) is 33.7 Å². The molecule has 0 radical (unpaired) electrons. The molecule has 2 aliphatic carbocycles. The number of fused-ring (bicyclic) bond motifs is 3. The van der Waals surface area contributed by atoms with Crippen molar-refractivity contribution in [1.82, 2.24) is 0 Å². The van der Waals surface area contributed by atoms with E-state index in [1.54, 1.807) is 24.3 Å². The summed E-state index contributed by atoms with van der Waals surface area (Å²) in [4.78, 5) is 37.0. The molecule has 0 aliphatic heterocycles. The largest absolute Gasteiger partial charge is 0.385 e. The topological polar surface area (TPSA) is 91.7 Å². The average molecular weight is 308 g/mol. The van der Waals surface area contributed by atoms with Gasteiger partial charge in [0.2, 0.25) is 0 Å². The van der Waals surface area contributed by atoms with E-state index in [2.05, 4.69) is 0 Å². The molecule has 23 heavy (non-hydrogen) atoms. The van der Waals surface area contributed by atoms with Crippen LogP contribution in [-0.2, 0) is 11.2 Å². The summed E-state index contributed by atoms with van der Waals surface area (Å²) >= 11 is 0. The Morgan fingerprint density at radius 2 is 1.39 bits per heavy atom. The summed E-state index contributed by atoms with van der Waals surface area (Å²) < 4.78 is 0. The van der Waals surface area contributed by atoms with Crippen LogP contribution >= 0.6 is 0 Å². The van der Waals surface area contributed by atoms with E-state index in [9.17, 15) is 24.6 Å². The third-order valence-electron chi connectivity index (χ3n) is 4.49. The number of carbonyl (C=O) groups excluding carboxylic acids is 3. The first-order valence-corrected chi connectivity index (χ1v) is 7.24. The van der Waals surface area contributed by atoms with Crippen LogP contribution in [0.25, 0.3) is 0 Å². The van der Waals surface area contributed by atoms with Gasteiger partial charge in [-0.15, -0.1) is 0 Å². The quantitative estimate of drug-likeness (QED) is 0.646. The van der Waals surface area contributed by atoms with Gasteiger partial charge in [-0.1, -0.05) is 24.3 Å². The van der Waals surface area contributed by atoms with Gasteiger partial charge in [-0.3, -0.25) is 14.4 Å². The molecule has 0 saturated heterocycles. The van der Waals surface area contributed by atoms with Crippen molar-refractivity contribution in [3.05, 3.63) is 69.8 Å². The number of aliphatic hydroxyl groups is 2. The van der Waals surface area contributed by atoms with E-state index in [-0.39, 0.29) is 29.1 Å². The molecule has 2 aliphatic rings. The van der Waals surface area contributed by atoms with Crippen molar-refractivity contribution in [2.45, 2.75) is 18.6 Å². The molecule has 2 unspecified atom stereocenters. The molecule has 0 bridgehead atoms. The summed E-state index contributed by atoms with van der Waals surface area (Å²) in [7, 11) is 0. The van der Waals surface area contributed by atoms with E-state index in [0.29, 0.717) is 22.3 Å². The summed E-state index contributed by atoms with van der Waals surface area (Å²) in [6.45, 7) is 0. The molecular weight excluding hydrogens is 296 g/mol. The number of rotatable bonds is 0. The van der Waals surface area contributed by atoms with Crippen molar-refractivity contribution >= 4 is 17.3 Å². The van der Waals surface area contributed by atoms with Crippen LogP contribution in [0.2, 0.25) is 0 Å². The maximum Gasteiger partial charge on any atom is 0.194 e. The first kappa shape index (κ1) is 14.0. The molecule has 2 aromatic carbocycles. The Labute approximate surface area is 131 Å². The zero-order valence-electron chi connectivity index (χ0n) is 11.9. The predicted octanol–water partition coefficient (Wildman–Crippen LogP) is 0.981. The fourth-order valence-corrected chi connectivity index (χ4v) is 3.28. The fraction of sp³-hybridized carbons (Fsp3) is 0.167. The highest BCUT2D eigenvalue weighted by molar-refractivity contribution is 6.28. The van der Waals surface area contributed by atoms with Crippen LogP contribution in [0.4, 0.5) is 0 Å². The average Bonchev–Trinajstić information content (AvgIpc) is 2.57. The number of benzene rings is 2. The van der Waals surface area contributed by atoms with E-state index in [4.69, 9.17) is 0 Å². The Balaban J connectivity index is 1.95. The van der Waals surface area contributed by atoms with Gasteiger partial charge in [-0.05, 0) is 23.3 Å². The Morgan fingerprint density at radius 1 is 0.826 bits per heavy atom. The highest BCUT2D eigenvalue weighted by atomic mass is 16.3. The zero-order chi connectivity index (χ0) is 16.3. The van der Waals surface area contributed by atoms with Gasteiger partial charge in [0, 0.05) is 28.7 Å². The smallest absolute Gasteiger partial charge is 0.194 e. The highest BCUT2D eigenvalue weighted by Crippen LogP contribution is 2.34. The molecule has 0 aromatic heterocycles. The molecule has 0 amide bonds. The molecule has 2 aromatic rings. The van der Waals surface area contributed by atoms with Gasteiger partial charge in [0.15, 0.2) is 17.3 Å². The second-order valence-corrected chi connectivity index (χ2v) is 5.83. The van der Waals surface area contributed by atoms with Crippen molar-refractivity contribution in [2.24, 2.45) is 0 Å². The van der Waals surface area contributed by atoms with E-state index in [1.165, 1.54) is 12.1 Å². The number of hydrogen-bond donors (Lipinski definition) is 2. The number of ketones is 3. The maximum absolute atomic E-state index is 12.6. The number of Topliss-reactive ketones (excluding diaryl/α,β-unsaturated/α-hetero) is 1. The summed E-state index contributed by atoms with van der Waals surface area (Å²) in [5, 5.41) is 19.8. The molecule has 2 N–H and O–H groups in total. The second-order valence-electron chi connectivity index (χ2n) is 5.83. The van der Waals surface area contributed by atoms with Crippen LogP contribution < -0.4 is 0 Å².